The van der Waals surface area contributed by atoms with Crippen molar-refractivity contribution in [3.63, 3.8) is 0 Å². The SMILES string of the molecule is CC/C=C\C/C=C\C/C=C\C/C=C\C/C=C\CCCCCC(=O)OCC(O)COP(=O)(O)OCC(O)COP(=O)(O)OCC(O)COC(=O)CCCCCCCCCCCCCCCCCCCCCCC. The number of ether oxygens (including phenoxy) is 2. The van der Waals surface area contributed by atoms with Crippen molar-refractivity contribution < 1.29 is 71.4 Å². The van der Waals surface area contributed by atoms with Crippen LogP contribution < -0.4 is 0 Å². The third-order valence-corrected chi connectivity index (χ3v) is 13.4. The third-order valence-electron chi connectivity index (χ3n) is 11.5. The fourth-order valence-electron chi connectivity index (χ4n) is 7.24. The first-order chi connectivity index (χ1) is 34.8. The van der Waals surface area contributed by atoms with Crippen LogP contribution in [0.1, 0.15) is 219 Å². The van der Waals surface area contributed by atoms with Gasteiger partial charge in [0.2, 0.25) is 0 Å². The van der Waals surface area contributed by atoms with Crippen LogP contribution in [0.25, 0.3) is 0 Å². The first kappa shape index (κ1) is 69.7. The molecule has 15 nitrogen and oxygen atoms in total. The maximum Gasteiger partial charge on any atom is 0.472 e. The Hall–Kier alpha value is -2.26. The second kappa shape index (κ2) is 50.9. The lowest BCUT2D eigenvalue weighted by Gasteiger charge is -2.19. The van der Waals surface area contributed by atoms with Crippen LogP contribution in [-0.4, -0.2) is 95.0 Å². The molecule has 5 unspecified atom stereocenters. The van der Waals surface area contributed by atoms with Gasteiger partial charge in [-0.05, 0) is 57.8 Å². The number of carbonyl (C=O) groups excluding carboxylic acids is 2. The number of phosphoric ester groups is 2. The molecule has 0 heterocycles. The van der Waals surface area contributed by atoms with Gasteiger partial charge in [0.1, 0.15) is 31.5 Å². The average Bonchev–Trinajstić information content (AvgIpc) is 3.36. The van der Waals surface area contributed by atoms with E-state index in [1.165, 1.54) is 109 Å². The Morgan fingerprint density at radius 2 is 0.639 bits per heavy atom. The predicted octanol–water partition coefficient (Wildman–Crippen LogP) is 13.7. The number of carbonyl (C=O) groups is 2. The minimum Gasteiger partial charge on any atom is -0.463 e. The molecule has 0 aromatic heterocycles. The standard InChI is InChI=1S/C55H100O15P2/c1-3-5-7-9-11-13-15-17-19-21-23-24-26-28-30-32-34-36-38-40-42-44-55(60)66-46-52(57)48-68-72(63,64)70-50-53(58)49-69-71(61,62)67-47-51(56)45-65-54(59)43-41-39-37-35-33-31-29-27-25-22-20-18-16-14-12-10-8-6-4-2/h6,8,12,14,18,20,25,27,31,33,51-53,56-58H,3-5,7,9-11,13,15-17,19,21-24,26,28-30,32,34-50H2,1-2H3,(H,61,62)(H,63,64)/b8-6-,14-12-,20-18-,27-25-,33-31-. The first-order valence-electron chi connectivity index (χ1n) is 27.6. The number of aliphatic hydroxyl groups excluding tert-OH is 3. The van der Waals surface area contributed by atoms with Gasteiger partial charge in [-0.1, -0.05) is 209 Å². The van der Waals surface area contributed by atoms with E-state index in [1.807, 2.05) is 0 Å². The number of allylic oxidation sites excluding steroid dienone is 10. The highest BCUT2D eigenvalue weighted by Gasteiger charge is 2.28. The highest BCUT2D eigenvalue weighted by molar-refractivity contribution is 7.47. The van der Waals surface area contributed by atoms with Gasteiger partial charge in [0.05, 0.1) is 26.4 Å². The summed E-state index contributed by atoms with van der Waals surface area (Å²) in [6, 6.07) is 0. The minimum absolute atomic E-state index is 0.155. The second-order valence-electron chi connectivity index (χ2n) is 18.6. The first-order valence-corrected chi connectivity index (χ1v) is 30.6. The lowest BCUT2D eigenvalue weighted by molar-refractivity contribution is -0.148. The van der Waals surface area contributed by atoms with E-state index in [2.05, 4.69) is 83.7 Å². The van der Waals surface area contributed by atoms with E-state index in [-0.39, 0.29) is 12.8 Å². The predicted molar refractivity (Wildman–Crippen MR) is 288 cm³/mol. The van der Waals surface area contributed by atoms with Crippen LogP contribution in [0.2, 0.25) is 0 Å². The normalized spacial score (nSPS) is 15.3. The van der Waals surface area contributed by atoms with E-state index in [0.717, 1.165) is 70.6 Å². The number of aliphatic hydroxyl groups is 3. The molecular formula is C55H100O15P2. The number of hydrogen-bond donors (Lipinski definition) is 5. The molecule has 0 saturated heterocycles. The van der Waals surface area contributed by atoms with Gasteiger partial charge in [-0.2, -0.15) is 0 Å². The molecule has 0 fully saturated rings. The van der Waals surface area contributed by atoms with Gasteiger partial charge in [0.25, 0.3) is 0 Å². The summed E-state index contributed by atoms with van der Waals surface area (Å²) in [5.41, 5.74) is 0. The Labute approximate surface area is 435 Å². The third kappa shape index (κ3) is 52.6. The van der Waals surface area contributed by atoms with Crippen molar-refractivity contribution >= 4 is 27.6 Å². The molecular weight excluding hydrogens is 963 g/mol. The molecule has 420 valence electrons. The van der Waals surface area contributed by atoms with Gasteiger partial charge in [0, 0.05) is 12.8 Å². The van der Waals surface area contributed by atoms with E-state index < -0.39 is 85.5 Å². The van der Waals surface area contributed by atoms with E-state index in [9.17, 15) is 43.8 Å². The molecule has 0 aliphatic carbocycles. The summed E-state index contributed by atoms with van der Waals surface area (Å²) in [4.78, 5) is 43.9. The lowest BCUT2D eigenvalue weighted by atomic mass is 10.0. The number of phosphoric acid groups is 2. The van der Waals surface area contributed by atoms with E-state index >= 15 is 0 Å². The van der Waals surface area contributed by atoms with Crippen LogP contribution >= 0.6 is 15.6 Å². The zero-order valence-electron chi connectivity index (χ0n) is 44.6. The molecule has 72 heavy (non-hydrogen) atoms. The van der Waals surface area contributed by atoms with Crippen molar-refractivity contribution in [3.05, 3.63) is 60.8 Å². The van der Waals surface area contributed by atoms with E-state index in [4.69, 9.17) is 18.5 Å². The number of hydrogen-bond acceptors (Lipinski definition) is 13. The van der Waals surface area contributed by atoms with Crippen LogP contribution in [0.15, 0.2) is 60.8 Å². The maximum absolute atomic E-state index is 12.2. The van der Waals surface area contributed by atoms with Crippen molar-refractivity contribution in [2.24, 2.45) is 0 Å². The van der Waals surface area contributed by atoms with E-state index in [0.29, 0.717) is 12.8 Å². The van der Waals surface area contributed by atoms with Gasteiger partial charge in [-0.15, -0.1) is 0 Å². The Bertz CT molecular complexity index is 1520. The van der Waals surface area contributed by atoms with Crippen molar-refractivity contribution in [2.45, 2.75) is 238 Å². The number of esters is 2. The van der Waals surface area contributed by atoms with Gasteiger partial charge >= 0.3 is 27.6 Å². The number of unbranched alkanes of at least 4 members (excludes halogenated alkanes) is 23. The molecule has 5 atom stereocenters. The van der Waals surface area contributed by atoms with Gasteiger partial charge in [-0.3, -0.25) is 27.7 Å². The van der Waals surface area contributed by atoms with Crippen LogP contribution in [0.4, 0.5) is 0 Å². The molecule has 0 rings (SSSR count). The summed E-state index contributed by atoms with van der Waals surface area (Å²) >= 11 is 0. The van der Waals surface area contributed by atoms with Gasteiger partial charge < -0.3 is 34.6 Å². The summed E-state index contributed by atoms with van der Waals surface area (Å²) in [6.45, 7) is 0.304. The molecule has 0 aromatic carbocycles. The van der Waals surface area contributed by atoms with Gasteiger partial charge in [0.15, 0.2) is 0 Å². The molecule has 5 N–H and O–H groups in total. The summed E-state index contributed by atoms with van der Waals surface area (Å²) in [7, 11) is -9.59. The molecule has 0 bridgehead atoms. The molecule has 0 aliphatic rings. The highest BCUT2D eigenvalue weighted by atomic mass is 31.2. The van der Waals surface area contributed by atoms with E-state index in [1.54, 1.807) is 0 Å². The maximum atomic E-state index is 12.2. The Morgan fingerprint density at radius 1 is 0.375 bits per heavy atom. The Balaban J connectivity index is 3.85. The summed E-state index contributed by atoms with van der Waals surface area (Å²) in [5, 5.41) is 30.1. The molecule has 0 aromatic rings. The van der Waals surface area contributed by atoms with Crippen molar-refractivity contribution in [2.75, 3.05) is 39.6 Å². The van der Waals surface area contributed by atoms with Crippen molar-refractivity contribution in [3.8, 4) is 0 Å². The van der Waals surface area contributed by atoms with Crippen LogP contribution in [0, 0.1) is 0 Å². The molecule has 0 amide bonds. The largest absolute Gasteiger partial charge is 0.472 e. The Kier molecular flexibility index (Phi) is 49.3. The average molecular weight is 1060 g/mol. The van der Waals surface area contributed by atoms with Crippen LogP contribution in [0.5, 0.6) is 0 Å². The highest BCUT2D eigenvalue weighted by Crippen LogP contribution is 2.45. The summed E-state index contributed by atoms with van der Waals surface area (Å²) in [6.07, 6.45) is 52.1. The fraction of sp³-hybridized carbons (Fsp3) is 0.782. The van der Waals surface area contributed by atoms with Crippen LogP contribution in [0.3, 0.4) is 0 Å². The summed E-state index contributed by atoms with van der Waals surface area (Å²) in [5.74, 6) is -1.02. The summed E-state index contributed by atoms with van der Waals surface area (Å²) < 4.78 is 53.2. The zero-order chi connectivity index (χ0) is 53.1. The van der Waals surface area contributed by atoms with Crippen molar-refractivity contribution in [1.82, 2.24) is 0 Å². The topological polar surface area (TPSA) is 225 Å². The quantitative estimate of drug-likeness (QED) is 0.0165. The monoisotopic (exact) mass is 1060 g/mol. The minimum atomic E-state index is -4.80. The molecule has 0 radical (unpaired) electrons. The van der Waals surface area contributed by atoms with Crippen molar-refractivity contribution in [1.29, 1.82) is 0 Å². The zero-order valence-corrected chi connectivity index (χ0v) is 46.4. The molecule has 0 aliphatic heterocycles. The molecule has 17 heteroatoms. The fourth-order valence-corrected chi connectivity index (χ4v) is 8.83. The Morgan fingerprint density at radius 3 is 0.958 bits per heavy atom. The molecule has 0 saturated carbocycles. The van der Waals surface area contributed by atoms with Crippen LogP contribution in [-0.2, 0) is 46.3 Å². The number of rotatable bonds is 53. The second-order valence-corrected chi connectivity index (χ2v) is 21.5. The lowest BCUT2D eigenvalue weighted by Crippen LogP contribution is -2.25. The smallest absolute Gasteiger partial charge is 0.463 e. The van der Waals surface area contributed by atoms with Gasteiger partial charge in [-0.25, -0.2) is 9.13 Å². The molecule has 0 spiro atoms.